The van der Waals surface area contributed by atoms with Crippen molar-refractivity contribution < 1.29 is 4.79 Å². The molecule has 1 aliphatic rings. The third-order valence-corrected chi connectivity index (χ3v) is 4.70. The van der Waals surface area contributed by atoms with Crippen molar-refractivity contribution in [2.45, 2.75) is 30.4 Å². The van der Waals surface area contributed by atoms with Crippen LogP contribution in [0.5, 0.6) is 0 Å². The highest BCUT2D eigenvalue weighted by Crippen LogP contribution is 2.38. The molecule has 0 N–H and O–H groups in total. The number of hydrogen-bond donors (Lipinski definition) is 0. The first-order valence-electron chi connectivity index (χ1n) is 7.11. The maximum atomic E-state index is 12.6. The van der Waals surface area contributed by atoms with Gasteiger partial charge in [-0.15, -0.1) is 11.8 Å². The molecule has 21 heavy (non-hydrogen) atoms. The minimum absolute atomic E-state index is 0.139. The van der Waals surface area contributed by atoms with Gasteiger partial charge < -0.3 is 4.90 Å². The van der Waals surface area contributed by atoms with Gasteiger partial charge in [-0.3, -0.25) is 9.78 Å². The van der Waals surface area contributed by atoms with Crippen molar-refractivity contribution in [3.63, 3.8) is 0 Å². The molecule has 1 amide bonds. The summed E-state index contributed by atoms with van der Waals surface area (Å²) in [5.41, 5.74) is 2.97. The molecule has 0 radical (unpaired) electrons. The molecule has 0 saturated carbocycles. The summed E-state index contributed by atoms with van der Waals surface area (Å²) in [6, 6.07) is 12.1. The zero-order valence-electron chi connectivity index (χ0n) is 12.2. The third-order valence-electron chi connectivity index (χ3n) is 3.55. The highest BCUT2D eigenvalue weighted by Gasteiger charge is 2.26. The Bertz CT molecular complexity index is 654. The Balaban J connectivity index is 1.83. The molecule has 1 atom stereocenters. The molecule has 2 aromatic rings. The number of anilines is 1. The van der Waals surface area contributed by atoms with E-state index >= 15 is 0 Å². The second-order valence-electron chi connectivity index (χ2n) is 5.39. The molecule has 0 fully saturated rings. The number of benzene rings is 1. The molecule has 1 unspecified atom stereocenters. The Morgan fingerprint density at radius 1 is 1.33 bits per heavy atom. The van der Waals surface area contributed by atoms with Crippen molar-refractivity contribution in [3.05, 3.63) is 53.9 Å². The van der Waals surface area contributed by atoms with Gasteiger partial charge in [0.25, 0.3) is 0 Å². The maximum absolute atomic E-state index is 12.6. The summed E-state index contributed by atoms with van der Waals surface area (Å²) in [5.74, 6) is 0.139. The lowest BCUT2D eigenvalue weighted by Crippen LogP contribution is -2.39. The van der Waals surface area contributed by atoms with Crippen LogP contribution in [0, 0.1) is 6.92 Å². The summed E-state index contributed by atoms with van der Waals surface area (Å²) >= 11 is 1.84. The Morgan fingerprint density at radius 2 is 2.14 bits per heavy atom. The average molecular weight is 298 g/mol. The van der Waals surface area contributed by atoms with E-state index in [1.807, 2.05) is 53.9 Å². The molecule has 1 aromatic heterocycles. The van der Waals surface area contributed by atoms with E-state index in [-0.39, 0.29) is 5.91 Å². The number of carbonyl (C=O) groups excluding carboxylic acids is 1. The Kier molecular flexibility index (Phi) is 3.97. The van der Waals surface area contributed by atoms with Gasteiger partial charge in [0.15, 0.2) is 0 Å². The summed E-state index contributed by atoms with van der Waals surface area (Å²) in [5, 5.41) is 0.417. The van der Waals surface area contributed by atoms with Gasteiger partial charge in [0.1, 0.15) is 0 Å². The van der Waals surface area contributed by atoms with E-state index in [2.05, 4.69) is 18.0 Å². The number of para-hydroxylation sites is 1. The number of hydrogen-bond acceptors (Lipinski definition) is 3. The number of aryl methyl sites for hydroxylation is 1. The van der Waals surface area contributed by atoms with Crippen molar-refractivity contribution in [1.82, 2.24) is 4.98 Å². The SMILES string of the molecule is Cc1ccc(CC(=O)N2CC(C)Sc3ccccc32)cn1. The van der Waals surface area contributed by atoms with E-state index in [1.54, 1.807) is 6.20 Å². The average Bonchev–Trinajstić information content (AvgIpc) is 2.48. The standard InChI is InChI=1S/C17H18N2OS/c1-12-7-8-14(10-18-12)9-17(20)19-11-13(2)21-16-6-4-3-5-15(16)19/h3-8,10,13H,9,11H2,1-2H3. The first-order chi connectivity index (χ1) is 10.1. The molecule has 108 valence electrons. The number of nitrogens with zero attached hydrogens (tertiary/aromatic N) is 2. The van der Waals surface area contributed by atoms with Crippen LogP contribution in [0.3, 0.4) is 0 Å². The number of aromatic nitrogens is 1. The molecule has 3 rings (SSSR count). The summed E-state index contributed by atoms with van der Waals surface area (Å²) < 4.78 is 0. The smallest absolute Gasteiger partial charge is 0.231 e. The van der Waals surface area contributed by atoms with Crippen LogP contribution in [0.1, 0.15) is 18.2 Å². The van der Waals surface area contributed by atoms with Crippen LogP contribution in [0.4, 0.5) is 5.69 Å². The van der Waals surface area contributed by atoms with Crippen molar-refractivity contribution in [2.24, 2.45) is 0 Å². The number of amides is 1. The van der Waals surface area contributed by atoms with E-state index in [9.17, 15) is 4.79 Å². The Labute approximate surface area is 129 Å². The van der Waals surface area contributed by atoms with Crippen LogP contribution in [0.15, 0.2) is 47.5 Å². The van der Waals surface area contributed by atoms with Crippen LogP contribution in [-0.2, 0) is 11.2 Å². The topological polar surface area (TPSA) is 33.2 Å². The van der Waals surface area contributed by atoms with Gasteiger partial charge in [-0.1, -0.05) is 25.1 Å². The first kappa shape index (κ1) is 14.1. The molecule has 1 aromatic carbocycles. The zero-order chi connectivity index (χ0) is 14.8. The Morgan fingerprint density at radius 3 is 2.90 bits per heavy atom. The van der Waals surface area contributed by atoms with Gasteiger partial charge in [-0.2, -0.15) is 0 Å². The van der Waals surface area contributed by atoms with Crippen molar-refractivity contribution >= 4 is 23.4 Å². The van der Waals surface area contributed by atoms with E-state index in [0.29, 0.717) is 11.7 Å². The maximum Gasteiger partial charge on any atom is 0.231 e. The fraction of sp³-hybridized carbons (Fsp3) is 0.294. The zero-order valence-corrected chi connectivity index (χ0v) is 13.1. The predicted molar refractivity (Wildman–Crippen MR) is 86.8 cm³/mol. The first-order valence-corrected chi connectivity index (χ1v) is 7.99. The van der Waals surface area contributed by atoms with Crippen molar-refractivity contribution in [2.75, 3.05) is 11.4 Å². The molecule has 2 heterocycles. The highest BCUT2D eigenvalue weighted by molar-refractivity contribution is 8.00. The van der Waals surface area contributed by atoms with Crippen LogP contribution in [0.25, 0.3) is 0 Å². The monoisotopic (exact) mass is 298 g/mol. The van der Waals surface area contributed by atoms with Gasteiger partial charge in [0.2, 0.25) is 5.91 Å². The number of thioether (sulfide) groups is 1. The van der Waals surface area contributed by atoms with E-state index in [0.717, 1.165) is 23.5 Å². The van der Waals surface area contributed by atoms with Gasteiger partial charge in [0, 0.05) is 28.6 Å². The second-order valence-corrected chi connectivity index (χ2v) is 6.87. The second kappa shape index (κ2) is 5.90. The number of fused-ring (bicyclic) bond motifs is 1. The summed E-state index contributed by atoms with van der Waals surface area (Å²) in [6.45, 7) is 4.87. The van der Waals surface area contributed by atoms with E-state index in [1.165, 1.54) is 4.90 Å². The fourth-order valence-electron chi connectivity index (χ4n) is 2.50. The minimum atomic E-state index is 0.139. The molecule has 1 aliphatic heterocycles. The van der Waals surface area contributed by atoms with Crippen LogP contribution >= 0.6 is 11.8 Å². The van der Waals surface area contributed by atoms with E-state index < -0.39 is 0 Å². The van der Waals surface area contributed by atoms with Crippen molar-refractivity contribution in [1.29, 1.82) is 0 Å². The predicted octanol–water partition coefficient (Wildman–Crippen LogP) is 3.46. The lowest BCUT2D eigenvalue weighted by molar-refractivity contribution is -0.118. The van der Waals surface area contributed by atoms with Crippen LogP contribution in [-0.4, -0.2) is 22.7 Å². The largest absolute Gasteiger partial charge is 0.310 e. The molecule has 3 nitrogen and oxygen atoms in total. The molecule has 0 spiro atoms. The highest BCUT2D eigenvalue weighted by atomic mass is 32.2. The van der Waals surface area contributed by atoms with Gasteiger partial charge in [0.05, 0.1) is 12.1 Å². The molecule has 0 aliphatic carbocycles. The molecular formula is C17H18N2OS. The van der Waals surface area contributed by atoms with Gasteiger partial charge in [-0.05, 0) is 30.7 Å². The number of carbonyl (C=O) groups is 1. The fourth-order valence-corrected chi connectivity index (χ4v) is 3.61. The lowest BCUT2D eigenvalue weighted by Gasteiger charge is -2.32. The minimum Gasteiger partial charge on any atom is -0.310 e. The molecular weight excluding hydrogens is 280 g/mol. The molecule has 0 bridgehead atoms. The summed E-state index contributed by atoms with van der Waals surface area (Å²) in [4.78, 5) is 20.0. The molecule has 0 saturated heterocycles. The third kappa shape index (κ3) is 3.10. The summed E-state index contributed by atoms with van der Waals surface area (Å²) in [7, 11) is 0. The van der Waals surface area contributed by atoms with Crippen molar-refractivity contribution in [3.8, 4) is 0 Å². The van der Waals surface area contributed by atoms with E-state index in [4.69, 9.17) is 0 Å². The van der Waals surface area contributed by atoms with Crippen LogP contribution in [0.2, 0.25) is 0 Å². The quantitative estimate of drug-likeness (QED) is 0.851. The molecule has 4 heteroatoms. The Hall–Kier alpha value is -1.81. The lowest BCUT2D eigenvalue weighted by atomic mass is 10.1. The van der Waals surface area contributed by atoms with Crippen LogP contribution < -0.4 is 4.90 Å². The number of pyridine rings is 1. The summed E-state index contributed by atoms with van der Waals surface area (Å²) in [6.07, 6.45) is 2.19. The normalized spacial score (nSPS) is 17.4. The van der Waals surface area contributed by atoms with Gasteiger partial charge >= 0.3 is 0 Å². The van der Waals surface area contributed by atoms with Gasteiger partial charge in [-0.25, -0.2) is 0 Å². The number of rotatable bonds is 2.